The predicted molar refractivity (Wildman–Crippen MR) is 104 cm³/mol. The van der Waals surface area contributed by atoms with Crippen molar-refractivity contribution in [2.75, 3.05) is 7.11 Å². The zero-order valence-electron chi connectivity index (χ0n) is 15.5. The maximum Gasteiger partial charge on any atom is 0.297 e. The topological polar surface area (TPSA) is 90.5 Å². The summed E-state index contributed by atoms with van der Waals surface area (Å²) < 4.78 is 8.27. The standard InChI is InChI=1S/C20H19N5O3/c1-13-22-23-19-20(27)24(16-5-3-4-6-17(16)25(13)19)12-18(26)21-11-14-7-9-15(28-2)10-8-14/h3-10H,11-12H2,1-2H3,(H,21,26). The van der Waals surface area contributed by atoms with Crippen molar-refractivity contribution in [1.82, 2.24) is 24.5 Å². The normalized spacial score (nSPS) is 11.1. The summed E-state index contributed by atoms with van der Waals surface area (Å²) in [7, 11) is 1.60. The van der Waals surface area contributed by atoms with Gasteiger partial charge in [-0.1, -0.05) is 24.3 Å². The molecule has 0 radical (unpaired) electrons. The van der Waals surface area contributed by atoms with Gasteiger partial charge in [0, 0.05) is 6.54 Å². The molecule has 1 N–H and O–H groups in total. The highest BCUT2D eigenvalue weighted by atomic mass is 16.5. The van der Waals surface area contributed by atoms with Crippen LogP contribution in [-0.2, 0) is 17.9 Å². The van der Waals surface area contributed by atoms with Crippen LogP contribution in [0.5, 0.6) is 5.75 Å². The number of aromatic nitrogens is 4. The average molecular weight is 377 g/mol. The average Bonchev–Trinajstić information content (AvgIpc) is 3.12. The molecular weight excluding hydrogens is 358 g/mol. The maximum atomic E-state index is 12.9. The molecule has 4 aromatic rings. The molecule has 0 saturated heterocycles. The first-order valence-corrected chi connectivity index (χ1v) is 8.81. The number of nitrogens with zero attached hydrogens (tertiary/aromatic N) is 4. The van der Waals surface area contributed by atoms with Crippen molar-refractivity contribution in [2.45, 2.75) is 20.0 Å². The number of hydrogen-bond acceptors (Lipinski definition) is 5. The van der Waals surface area contributed by atoms with Gasteiger partial charge in [0.2, 0.25) is 11.6 Å². The molecule has 0 atom stereocenters. The number of carbonyl (C=O) groups is 1. The van der Waals surface area contributed by atoms with Crippen molar-refractivity contribution in [2.24, 2.45) is 0 Å². The number of rotatable bonds is 5. The Bertz CT molecular complexity index is 1220. The minimum absolute atomic E-state index is 0.0993. The highest BCUT2D eigenvalue weighted by Gasteiger charge is 2.16. The number of benzene rings is 2. The van der Waals surface area contributed by atoms with Crippen LogP contribution in [0, 0.1) is 6.92 Å². The van der Waals surface area contributed by atoms with E-state index in [9.17, 15) is 9.59 Å². The summed E-state index contributed by atoms with van der Waals surface area (Å²) in [5.74, 6) is 1.12. The van der Waals surface area contributed by atoms with E-state index in [2.05, 4.69) is 15.5 Å². The summed E-state index contributed by atoms with van der Waals surface area (Å²) in [4.78, 5) is 25.4. The molecule has 0 unspecified atom stereocenters. The van der Waals surface area contributed by atoms with Crippen LogP contribution in [0.1, 0.15) is 11.4 Å². The fourth-order valence-electron chi connectivity index (χ4n) is 3.20. The smallest absolute Gasteiger partial charge is 0.297 e. The monoisotopic (exact) mass is 377 g/mol. The van der Waals surface area contributed by atoms with E-state index in [0.717, 1.165) is 16.8 Å². The summed E-state index contributed by atoms with van der Waals surface area (Å²) in [6.45, 7) is 2.05. The maximum absolute atomic E-state index is 12.9. The number of nitrogens with one attached hydrogen (secondary N) is 1. The lowest BCUT2D eigenvalue weighted by Crippen LogP contribution is -2.33. The minimum atomic E-state index is -0.348. The van der Waals surface area contributed by atoms with Crippen molar-refractivity contribution < 1.29 is 9.53 Å². The molecule has 8 heteroatoms. The first kappa shape index (κ1) is 17.7. The Balaban J connectivity index is 1.62. The van der Waals surface area contributed by atoms with Crippen molar-refractivity contribution >= 4 is 22.6 Å². The number of ether oxygens (including phenoxy) is 1. The van der Waals surface area contributed by atoms with Crippen LogP contribution in [0.15, 0.2) is 53.3 Å². The molecule has 142 valence electrons. The molecule has 0 saturated carbocycles. The lowest BCUT2D eigenvalue weighted by molar-refractivity contribution is -0.121. The van der Waals surface area contributed by atoms with E-state index < -0.39 is 0 Å². The second kappa shape index (κ2) is 7.15. The van der Waals surface area contributed by atoms with Gasteiger partial charge in [0.05, 0.1) is 18.1 Å². The van der Waals surface area contributed by atoms with Gasteiger partial charge in [0.1, 0.15) is 18.1 Å². The van der Waals surface area contributed by atoms with Gasteiger partial charge in [-0.05, 0) is 36.8 Å². The molecule has 2 aromatic carbocycles. The first-order chi connectivity index (χ1) is 13.6. The van der Waals surface area contributed by atoms with Gasteiger partial charge in [-0.3, -0.25) is 18.6 Å². The van der Waals surface area contributed by atoms with Crippen LogP contribution in [0.25, 0.3) is 16.7 Å². The van der Waals surface area contributed by atoms with Crippen LogP contribution in [0.4, 0.5) is 0 Å². The van der Waals surface area contributed by atoms with Gasteiger partial charge < -0.3 is 10.1 Å². The first-order valence-electron chi connectivity index (χ1n) is 8.81. The number of para-hydroxylation sites is 2. The van der Waals surface area contributed by atoms with Crippen LogP contribution in [-0.4, -0.2) is 32.2 Å². The molecule has 0 bridgehead atoms. The van der Waals surface area contributed by atoms with E-state index in [1.807, 2.05) is 48.5 Å². The van der Waals surface area contributed by atoms with E-state index in [-0.39, 0.29) is 23.7 Å². The zero-order chi connectivity index (χ0) is 19.7. The van der Waals surface area contributed by atoms with E-state index >= 15 is 0 Å². The molecule has 8 nitrogen and oxygen atoms in total. The molecule has 0 aliphatic carbocycles. The molecule has 28 heavy (non-hydrogen) atoms. The van der Waals surface area contributed by atoms with Crippen LogP contribution in [0.3, 0.4) is 0 Å². The van der Waals surface area contributed by atoms with Crippen LogP contribution < -0.4 is 15.6 Å². The highest BCUT2D eigenvalue weighted by Crippen LogP contribution is 2.15. The second-order valence-electron chi connectivity index (χ2n) is 6.41. The quantitative estimate of drug-likeness (QED) is 0.571. The lowest BCUT2D eigenvalue weighted by atomic mass is 10.2. The SMILES string of the molecule is COc1ccc(CNC(=O)Cn2c(=O)c3nnc(C)n3c3ccccc32)cc1. The molecule has 2 heterocycles. The minimum Gasteiger partial charge on any atom is -0.497 e. The Labute approximate surface area is 160 Å². The van der Waals surface area contributed by atoms with Gasteiger partial charge in [-0.15, -0.1) is 10.2 Å². The third-order valence-electron chi connectivity index (χ3n) is 4.63. The number of aryl methyl sites for hydroxylation is 1. The van der Waals surface area contributed by atoms with Crippen LogP contribution in [0.2, 0.25) is 0 Å². The summed E-state index contributed by atoms with van der Waals surface area (Å²) in [5, 5.41) is 10.8. The molecule has 0 fully saturated rings. The van der Waals surface area contributed by atoms with Gasteiger partial charge in [0.15, 0.2) is 0 Å². The summed E-state index contributed by atoms with van der Waals surface area (Å²) in [6.07, 6.45) is 0. The van der Waals surface area contributed by atoms with Crippen molar-refractivity contribution in [1.29, 1.82) is 0 Å². The van der Waals surface area contributed by atoms with Gasteiger partial charge in [0.25, 0.3) is 5.56 Å². The van der Waals surface area contributed by atoms with Gasteiger partial charge >= 0.3 is 0 Å². The molecule has 0 aliphatic heterocycles. The third kappa shape index (κ3) is 3.09. The zero-order valence-corrected chi connectivity index (χ0v) is 15.5. The molecular formula is C20H19N5O3. The van der Waals surface area contributed by atoms with E-state index in [0.29, 0.717) is 17.9 Å². The number of carbonyl (C=O) groups excluding carboxylic acids is 1. The van der Waals surface area contributed by atoms with Crippen LogP contribution >= 0.6 is 0 Å². The molecule has 1 amide bonds. The molecule has 2 aromatic heterocycles. The number of amides is 1. The Kier molecular flexibility index (Phi) is 4.52. The largest absolute Gasteiger partial charge is 0.497 e. The van der Waals surface area contributed by atoms with E-state index in [1.165, 1.54) is 4.57 Å². The third-order valence-corrected chi connectivity index (χ3v) is 4.63. The Morgan fingerprint density at radius 1 is 1.07 bits per heavy atom. The summed E-state index contributed by atoms with van der Waals surface area (Å²) >= 11 is 0. The fraction of sp³-hybridized carbons (Fsp3) is 0.200. The Morgan fingerprint density at radius 3 is 2.50 bits per heavy atom. The fourth-order valence-corrected chi connectivity index (χ4v) is 3.20. The van der Waals surface area contributed by atoms with Crippen molar-refractivity contribution in [3.05, 3.63) is 70.3 Å². The van der Waals surface area contributed by atoms with Crippen molar-refractivity contribution in [3.8, 4) is 5.75 Å². The lowest BCUT2D eigenvalue weighted by Gasteiger charge is -2.12. The van der Waals surface area contributed by atoms with Gasteiger partial charge in [-0.2, -0.15) is 0 Å². The second-order valence-corrected chi connectivity index (χ2v) is 6.41. The Morgan fingerprint density at radius 2 is 1.79 bits per heavy atom. The number of methoxy groups -OCH3 is 1. The highest BCUT2D eigenvalue weighted by molar-refractivity contribution is 5.82. The summed E-state index contributed by atoms with van der Waals surface area (Å²) in [6, 6.07) is 14.8. The molecule has 0 aliphatic rings. The summed E-state index contributed by atoms with van der Waals surface area (Å²) in [5.41, 5.74) is 2.23. The molecule has 4 rings (SSSR count). The number of fused-ring (bicyclic) bond motifs is 3. The molecule has 0 spiro atoms. The number of hydrogen-bond donors (Lipinski definition) is 1. The predicted octanol–water partition coefficient (Wildman–Crippen LogP) is 1.68. The van der Waals surface area contributed by atoms with Crippen molar-refractivity contribution in [3.63, 3.8) is 0 Å². The van der Waals surface area contributed by atoms with E-state index in [4.69, 9.17) is 4.74 Å². The van der Waals surface area contributed by atoms with E-state index in [1.54, 1.807) is 18.4 Å². The Hall–Kier alpha value is -3.68. The van der Waals surface area contributed by atoms with Gasteiger partial charge in [-0.25, -0.2) is 0 Å².